The van der Waals surface area contributed by atoms with E-state index in [4.69, 9.17) is 9.84 Å². The molecule has 8 nitrogen and oxygen atoms in total. The van der Waals surface area contributed by atoms with Gasteiger partial charge in [0.15, 0.2) is 17.5 Å². The number of halogens is 2. The highest BCUT2D eigenvalue weighted by Gasteiger charge is 2.22. The topological polar surface area (TPSA) is 106 Å². The van der Waals surface area contributed by atoms with Crippen LogP contribution in [0.25, 0.3) is 30.4 Å². The first-order valence-corrected chi connectivity index (χ1v) is 13.0. The Kier molecular flexibility index (Phi) is 6.91. The second kappa shape index (κ2) is 10.3. The third-order valence-electron chi connectivity index (χ3n) is 5.81. The number of aliphatic carboxylic acids is 1. The van der Waals surface area contributed by atoms with Crippen molar-refractivity contribution in [2.24, 2.45) is 7.05 Å². The number of aromatic nitrogens is 3. The van der Waals surface area contributed by atoms with Crippen LogP contribution in [0.3, 0.4) is 0 Å². The van der Waals surface area contributed by atoms with Gasteiger partial charge in [-0.2, -0.15) is 0 Å². The monoisotopic (exact) mass is 554 g/mol. The summed E-state index contributed by atoms with van der Waals surface area (Å²) in [5, 5.41) is 19.8. The van der Waals surface area contributed by atoms with Crippen molar-refractivity contribution >= 4 is 50.0 Å². The number of nitrogens with zero attached hydrogens (tertiary/aromatic N) is 3. The molecule has 0 saturated carbocycles. The van der Waals surface area contributed by atoms with E-state index in [0.29, 0.717) is 16.4 Å². The molecule has 2 aromatic carbocycles. The van der Waals surface area contributed by atoms with E-state index in [-0.39, 0.29) is 11.1 Å². The summed E-state index contributed by atoms with van der Waals surface area (Å²) in [4.78, 5) is 24.7. The maximum atomic E-state index is 14.7. The Morgan fingerprint density at radius 3 is 2.45 bits per heavy atom. The Morgan fingerprint density at radius 1 is 1.05 bits per heavy atom. The van der Waals surface area contributed by atoms with Crippen LogP contribution in [-0.4, -0.2) is 32.2 Å². The molecule has 0 aliphatic rings. The highest BCUT2D eigenvalue weighted by atomic mass is 32.1. The fraction of sp³-hybridized carbons (Fsp3) is 0.154. The lowest BCUT2D eigenvalue weighted by molar-refractivity contribution is -0.136. The predicted molar refractivity (Wildman–Crippen MR) is 141 cm³/mol. The quantitative estimate of drug-likeness (QED) is 0.234. The number of benzene rings is 2. The maximum Gasteiger partial charge on any atom is 0.413 e. The fourth-order valence-electron chi connectivity index (χ4n) is 3.91. The van der Waals surface area contributed by atoms with Crippen LogP contribution >= 0.6 is 22.7 Å². The van der Waals surface area contributed by atoms with Gasteiger partial charge in [0, 0.05) is 32.5 Å². The lowest BCUT2D eigenvalue weighted by Gasteiger charge is -2.14. The summed E-state index contributed by atoms with van der Waals surface area (Å²) < 4.78 is 37.7. The molecular formula is C26H20F2N4O4S2. The van der Waals surface area contributed by atoms with Crippen molar-refractivity contribution in [2.75, 3.05) is 5.32 Å². The number of fused-ring (bicyclic) bond motifs is 1. The number of hydrogen-bond donors (Lipinski definition) is 2. The van der Waals surface area contributed by atoms with Gasteiger partial charge in [-0.1, -0.05) is 47.7 Å². The highest BCUT2D eigenvalue weighted by Crippen LogP contribution is 2.43. The third-order valence-corrected chi connectivity index (χ3v) is 8.14. The first-order chi connectivity index (χ1) is 18.2. The van der Waals surface area contributed by atoms with Gasteiger partial charge < -0.3 is 9.84 Å². The van der Waals surface area contributed by atoms with Gasteiger partial charge in [0.2, 0.25) is 0 Å². The molecule has 0 unspecified atom stereocenters. The second-order valence-corrected chi connectivity index (χ2v) is 10.6. The van der Waals surface area contributed by atoms with E-state index in [1.54, 1.807) is 20.0 Å². The minimum absolute atomic E-state index is 0.0590. The molecule has 0 saturated heterocycles. The van der Waals surface area contributed by atoms with Crippen molar-refractivity contribution in [2.45, 2.75) is 19.4 Å². The normalized spacial score (nSPS) is 12.0. The lowest BCUT2D eigenvalue weighted by atomic mass is 10.1. The first kappa shape index (κ1) is 25.5. The average molecular weight is 555 g/mol. The van der Waals surface area contributed by atoms with Crippen molar-refractivity contribution in [3.05, 3.63) is 77.4 Å². The number of aryl methyl sites for hydroxylation is 1. The number of hydrogen-bond acceptors (Lipinski definition) is 7. The van der Waals surface area contributed by atoms with E-state index in [9.17, 15) is 18.4 Å². The standard InChI is InChI=1S/C26H20F2N4O4S2/c1-13(14-6-4-3-5-7-14)36-26(35)29-25-24(30-31-32(25)2)20-12-19-18(38-20)11-17(37-19)16-9-8-15(10-21(33)34)22(27)23(16)28/h3-9,11-13H,10H2,1-2H3,(H,29,35)(H,33,34)/t13-/m1/s1. The zero-order valence-electron chi connectivity index (χ0n) is 20.1. The number of carboxylic acids is 1. The molecule has 194 valence electrons. The van der Waals surface area contributed by atoms with E-state index in [0.717, 1.165) is 19.8 Å². The molecule has 1 amide bonds. The van der Waals surface area contributed by atoms with Crippen LogP contribution in [0.5, 0.6) is 0 Å². The van der Waals surface area contributed by atoms with Gasteiger partial charge in [-0.3, -0.25) is 10.1 Å². The van der Waals surface area contributed by atoms with Crippen LogP contribution < -0.4 is 5.32 Å². The number of thiophene rings is 2. The summed E-state index contributed by atoms with van der Waals surface area (Å²) in [5.74, 6) is -3.13. The summed E-state index contributed by atoms with van der Waals surface area (Å²) >= 11 is 2.62. The molecular weight excluding hydrogens is 534 g/mol. The van der Waals surface area contributed by atoms with Gasteiger partial charge in [0.05, 0.1) is 11.3 Å². The van der Waals surface area contributed by atoms with Crippen LogP contribution in [0.1, 0.15) is 24.2 Å². The smallest absolute Gasteiger partial charge is 0.413 e. The Balaban J connectivity index is 1.38. The number of carboxylic acid groups (broad SMARTS) is 1. The Labute approximate surface area is 223 Å². The molecule has 38 heavy (non-hydrogen) atoms. The lowest BCUT2D eigenvalue weighted by Crippen LogP contribution is -2.18. The number of anilines is 1. The summed E-state index contributed by atoms with van der Waals surface area (Å²) in [7, 11) is 1.64. The molecule has 0 aliphatic carbocycles. The third kappa shape index (κ3) is 5.00. The van der Waals surface area contributed by atoms with Gasteiger partial charge in [0.1, 0.15) is 11.8 Å². The second-order valence-electron chi connectivity index (χ2n) is 8.41. The molecule has 3 aromatic heterocycles. The average Bonchev–Trinajstić information content (AvgIpc) is 3.56. The Bertz CT molecular complexity index is 1630. The van der Waals surface area contributed by atoms with Gasteiger partial charge in [-0.15, -0.1) is 27.8 Å². The summed E-state index contributed by atoms with van der Waals surface area (Å²) in [5.41, 5.74) is 1.15. The molecule has 3 heterocycles. The first-order valence-electron chi connectivity index (χ1n) is 11.4. The zero-order chi connectivity index (χ0) is 27.0. The summed E-state index contributed by atoms with van der Waals surface area (Å²) in [6, 6.07) is 15.6. The van der Waals surface area contributed by atoms with Crippen molar-refractivity contribution in [1.82, 2.24) is 15.0 Å². The van der Waals surface area contributed by atoms with E-state index >= 15 is 0 Å². The highest BCUT2D eigenvalue weighted by molar-refractivity contribution is 7.31. The summed E-state index contributed by atoms with van der Waals surface area (Å²) in [6.07, 6.45) is -1.72. The molecule has 5 aromatic rings. The van der Waals surface area contributed by atoms with Gasteiger partial charge >= 0.3 is 12.1 Å². The number of amides is 1. The Hall–Kier alpha value is -4.16. The number of carbonyl (C=O) groups is 2. The largest absolute Gasteiger partial charge is 0.481 e. The predicted octanol–water partition coefficient (Wildman–Crippen LogP) is 6.64. The zero-order valence-corrected chi connectivity index (χ0v) is 21.7. The van der Waals surface area contributed by atoms with E-state index in [2.05, 4.69) is 15.6 Å². The van der Waals surface area contributed by atoms with Crippen LogP contribution in [0.15, 0.2) is 54.6 Å². The van der Waals surface area contributed by atoms with Gasteiger partial charge in [-0.25, -0.2) is 18.3 Å². The number of ether oxygens (including phenoxy) is 1. The number of nitrogens with one attached hydrogen (secondary N) is 1. The fourth-order valence-corrected chi connectivity index (χ4v) is 6.31. The van der Waals surface area contributed by atoms with E-state index in [1.807, 2.05) is 36.4 Å². The summed E-state index contributed by atoms with van der Waals surface area (Å²) in [6.45, 7) is 1.77. The molecule has 0 bridgehead atoms. The van der Waals surface area contributed by atoms with Gasteiger partial charge in [0.25, 0.3) is 0 Å². The molecule has 1 atom stereocenters. The molecule has 0 fully saturated rings. The minimum Gasteiger partial charge on any atom is -0.481 e. The maximum absolute atomic E-state index is 14.7. The van der Waals surface area contributed by atoms with Crippen molar-refractivity contribution in [1.29, 1.82) is 0 Å². The molecule has 0 aliphatic heterocycles. The molecule has 12 heteroatoms. The minimum atomic E-state index is -1.24. The van der Waals surface area contributed by atoms with E-state index in [1.165, 1.54) is 39.5 Å². The van der Waals surface area contributed by atoms with Crippen LogP contribution in [0, 0.1) is 11.6 Å². The molecule has 0 radical (unpaired) electrons. The van der Waals surface area contributed by atoms with Gasteiger partial charge in [-0.05, 0) is 24.6 Å². The van der Waals surface area contributed by atoms with Crippen LogP contribution in [0.2, 0.25) is 0 Å². The number of rotatable bonds is 7. The van der Waals surface area contributed by atoms with Crippen molar-refractivity contribution < 1.29 is 28.2 Å². The molecule has 5 rings (SSSR count). The van der Waals surface area contributed by atoms with Crippen LogP contribution in [0.4, 0.5) is 19.4 Å². The Morgan fingerprint density at radius 2 is 1.74 bits per heavy atom. The van der Waals surface area contributed by atoms with E-state index < -0.39 is 36.2 Å². The SMILES string of the molecule is C[C@@H](OC(=O)Nc1c(-c2cc3sc(-c4ccc(CC(=O)O)c(F)c4F)cc3s2)nnn1C)c1ccccc1. The number of carbonyl (C=O) groups excluding carboxylic acids is 1. The van der Waals surface area contributed by atoms with Crippen LogP contribution in [-0.2, 0) is 23.0 Å². The molecule has 2 N–H and O–H groups in total. The van der Waals surface area contributed by atoms with Crippen molar-refractivity contribution in [3.8, 4) is 21.0 Å². The van der Waals surface area contributed by atoms with Crippen molar-refractivity contribution in [3.63, 3.8) is 0 Å². The molecule has 0 spiro atoms.